The van der Waals surface area contributed by atoms with Gasteiger partial charge in [-0.2, -0.15) is 0 Å². The minimum absolute atomic E-state index is 0.00949. The summed E-state index contributed by atoms with van der Waals surface area (Å²) in [4.78, 5) is 25.7. The molecule has 0 aliphatic rings. The van der Waals surface area contributed by atoms with Gasteiger partial charge in [0.2, 0.25) is 5.91 Å². The van der Waals surface area contributed by atoms with E-state index < -0.39 is 0 Å². The van der Waals surface area contributed by atoms with Gasteiger partial charge < -0.3 is 15.5 Å². The number of amides is 2. The standard InChI is InChI=1S/C17H25N3O2/c1-6-20(11-12(2)3)16(21)10-19-15-9-7-8-14(13(15)4)17(22)18-5/h7-9,19H,2,6,10-11H2,1,3-5H3,(H,18,22). The number of hydrogen-bond donors (Lipinski definition) is 2. The second-order valence-corrected chi connectivity index (χ2v) is 5.28. The Balaban J connectivity index is 2.78. The van der Waals surface area contributed by atoms with Gasteiger partial charge in [-0.1, -0.05) is 18.2 Å². The minimum Gasteiger partial charge on any atom is -0.376 e. The summed E-state index contributed by atoms with van der Waals surface area (Å²) < 4.78 is 0. The second kappa shape index (κ2) is 8.22. The van der Waals surface area contributed by atoms with Gasteiger partial charge in [-0.25, -0.2) is 0 Å². The van der Waals surface area contributed by atoms with Crippen LogP contribution in [0.3, 0.4) is 0 Å². The van der Waals surface area contributed by atoms with Gasteiger partial charge in [-0.15, -0.1) is 0 Å². The van der Waals surface area contributed by atoms with Crippen molar-refractivity contribution in [2.75, 3.05) is 32.0 Å². The lowest BCUT2D eigenvalue weighted by molar-refractivity contribution is -0.128. The summed E-state index contributed by atoms with van der Waals surface area (Å²) in [5.41, 5.74) is 3.18. The topological polar surface area (TPSA) is 61.4 Å². The zero-order chi connectivity index (χ0) is 16.7. The van der Waals surface area contributed by atoms with E-state index in [9.17, 15) is 9.59 Å². The second-order valence-electron chi connectivity index (χ2n) is 5.28. The van der Waals surface area contributed by atoms with Crippen LogP contribution >= 0.6 is 0 Å². The summed E-state index contributed by atoms with van der Waals surface area (Å²) >= 11 is 0. The van der Waals surface area contributed by atoms with Crippen LogP contribution in [0.4, 0.5) is 5.69 Å². The van der Waals surface area contributed by atoms with Crippen LogP contribution in [0.1, 0.15) is 29.8 Å². The third-order valence-electron chi connectivity index (χ3n) is 3.43. The number of nitrogens with zero attached hydrogens (tertiary/aromatic N) is 1. The number of rotatable bonds is 7. The minimum atomic E-state index is -0.134. The first-order valence-corrected chi connectivity index (χ1v) is 7.38. The van der Waals surface area contributed by atoms with Gasteiger partial charge in [-0.3, -0.25) is 9.59 Å². The molecule has 120 valence electrons. The zero-order valence-electron chi connectivity index (χ0n) is 13.8. The highest BCUT2D eigenvalue weighted by Gasteiger charge is 2.13. The van der Waals surface area contributed by atoms with Crippen LogP contribution in [-0.2, 0) is 4.79 Å². The van der Waals surface area contributed by atoms with E-state index >= 15 is 0 Å². The largest absolute Gasteiger partial charge is 0.376 e. The van der Waals surface area contributed by atoms with Crippen molar-refractivity contribution >= 4 is 17.5 Å². The zero-order valence-corrected chi connectivity index (χ0v) is 13.8. The Kier molecular flexibility index (Phi) is 6.63. The van der Waals surface area contributed by atoms with Gasteiger partial charge in [0.05, 0.1) is 6.54 Å². The fourth-order valence-electron chi connectivity index (χ4n) is 2.19. The maximum Gasteiger partial charge on any atom is 0.251 e. The number of anilines is 1. The molecule has 0 saturated heterocycles. The van der Waals surface area contributed by atoms with Crippen molar-refractivity contribution in [1.82, 2.24) is 10.2 Å². The maximum absolute atomic E-state index is 12.2. The molecular weight excluding hydrogens is 278 g/mol. The molecule has 1 rings (SSSR count). The monoisotopic (exact) mass is 303 g/mol. The fraction of sp³-hybridized carbons (Fsp3) is 0.412. The van der Waals surface area contributed by atoms with Crippen molar-refractivity contribution in [2.45, 2.75) is 20.8 Å². The lowest BCUT2D eigenvalue weighted by Gasteiger charge is -2.22. The molecule has 1 aromatic rings. The van der Waals surface area contributed by atoms with Crippen molar-refractivity contribution in [3.05, 3.63) is 41.5 Å². The van der Waals surface area contributed by atoms with Crippen LogP contribution in [0.15, 0.2) is 30.4 Å². The fourth-order valence-corrected chi connectivity index (χ4v) is 2.19. The van der Waals surface area contributed by atoms with Crippen LogP contribution in [0.25, 0.3) is 0 Å². The van der Waals surface area contributed by atoms with E-state index in [4.69, 9.17) is 0 Å². The number of benzene rings is 1. The summed E-state index contributed by atoms with van der Waals surface area (Å²) in [5, 5.41) is 5.73. The average Bonchev–Trinajstić information content (AvgIpc) is 2.50. The Labute approximate surface area is 132 Å². The molecule has 1 aromatic carbocycles. The molecule has 0 radical (unpaired) electrons. The summed E-state index contributed by atoms with van der Waals surface area (Å²) in [7, 11) is 1.60. The average molecular weight is 303 g/mol. The molecule has 0 aromatic heterocycles. The molecule has 0 heterocycles. The van der Waals surface area contributed by atoms with Crippen molar-refractivity contribution in [2.24, 2.45) is 0 Å². The quantitative estimate of drug-likeness (QED) is 0.759. The van der Waals surface area contributed by atoms with Gasteiger partial charge in [0.25, 0.3) is 5.91 Å². The molecule has 0 fully saturated rings. The highest BCUT2D eigenvalue weighted by Crippen LogP contribution is 2.18. The van der Waals surface area contributed by atoms with Gasteiger partial charge in [-0.05, 0) is 38.5 Å². The SMILES string of the molecule is C=C(C)CN(CC)C(=O)CNc1cccc(C(=O)NC)c1C. The maximum atomic E-state index is 12.2. The van der Waals surface area contributed by atoms with Crippen molar-refractivity contribution < 1.29 is 9.59 Å². The molecule has 22 heavy (non-hydrogen) atoms. The molecule has 2 N–H and O–H groups in total. The molecule has 5 heteroatoms. The Morgan fingerprint density at radius 3 is 2.55 bits per heavy atom. The molecule has 0 unspecified atom stereocenters. The summed E-state index contributed by atoms with van der Waals surface area (Å²) in [6.07, 6.45) is 0. The van der Waals surface area contributed by atoms with E-state index in [0.29, 0.717) is 18.7 Å². The lowest BCUT2D eigenvalue weighted by atomic mass is 10.1. The van der Waals surface area contributed by atoms with Gasteiger partial charge in [0.15, 0.2) is 0 Å². The number of likely N-dealkylation sites (N-methyl/N-ethyl adjacent to an activating group) is 1. The first-order chi connectivity index (χ1) is 10.4. The molecule has 0 saturated carbocycles. The van der Waals surface area contributed by atoms with E-state index in [0.717, 1.165) is 16.8 Å². The number of nitrogens with one attached hydrogen (secondary N) is 2. The van der Waals surface area contributed by atoms with Crippen molar-refractivity contribution in [3.8, 4) is 0 Å². The highest BCUT2D eigenvalue weighted by atomic mass is 16.2. The smallest absolute Gasteiger partial charge is 0.251 e. The van der Waals surface area contributed by atoms with Gasteiger partial charge in [0, 0.05) is 31.4 Å². The molecule has 0 spiro atoms. The molecule has 2 amide bonds. The third kappa shape index (κ3) is 4.62. The van der Waals surface area contributed by atoms with Crippen LogP contribution < -0.4 is 10.6 Å². The molecule has 0 bridgehead atoms. The van der Waals surface area contributed by atoms with Crippen LogP contribution in [0.2, 0.25) is 0 Å². The number of carbonyl (C=O) groups is 2. The number of hydrogen-bond acceptors (Lipinski definition) is 3. The normalized spacial score (nSPS) is 10.0. The summed E-state index contributed by atoms with van der Waals surface area (Å²) in [6.45, 7) is 11.0. The molecule has 0 aliphatic heterocycles. The van der Waals surface area contributed by atoms with Crippen LogP contribution in [-0.4, -0.2) is 43.4 Å². The van der Waals surface area contributed by atoms with Crippen LogP contribution in [0.5, 0.6) is 0 Å². The highest BCUT2D eigenvalue weighted by molar-refractivity contribution is 5.97. The van der Waals surface area contributed by atoms with E-state index in [1.54, 1.807) is 24.1 Å². The van der Waals surface area contributed by atoms with E-state index in [-0.39, 0.29) is 18.4 Å². The molecule has 0 atom stereocenters. The first-order valence-electron chi connectivity index (χ1n) is 7.38. The van der Waals surface area contributed by atoms with Crippen LogP contribution in [0, 0.1) is 6.92 Å². The van der Waals surface area contributed by atoms with E-state index in [1.807, 2.05) is 26.8 Å². The first kappa shape index (κ1) is 17.8. The third-order valence-corrected chi connectivity index (χ3v) is 3.43. The van der Waals surface area contributed by atoms with Crippen molar-refractivity contribution in [1.29, 1.82) is 0 Å². The Morgan fingerprint density at radius 2 is 2.00 bits per heavy atom. The predicted octanol–water partition coefficient (Wildman–Crippen LogP) is 2.19. The molecule has 5 nitrogen and oxygen atoms in total. The van der Waals surface area contributed by atoms with E-state index in [2.05, 4.69) is 17.2 Å². The van der Waals surface area contributed by atoms with Gasteiger partial charge >= 0.3 is 0 Å². The Morgan fingerprint density at radius 1 is 1.32 bits per heavy atom. The molecular formula is C17H25N3O2. The van der Waals surface area contributed by atoms with Gasteiger partial charge in [0.1, 0.15) is 0 Å². The Hall–Kier alpha value is -2.30. The van der Waals surface area contributed by atoms with E-state index in [1.165, 1.54) is 0 Å². The lowest BCUT2D eigenvalue weighted by Crippen LogP contribution is -2.36. The summed E-state index contributed by atoms with van der Waals surface area (Å²) in [5.74, 6) is -0.125. The van der Waals surface area contributed by atoms with Crippen molar-refractivity contribution in [3.63, 3.8) is 0 Å². The predicted molar refractivity (Wildman–Crippen MR) is 90.1 cm³/mol. The Bertz CT molecular complexity index is 567. The number of carbonyl (C=O) groups excluding carboxylic acids is 2. The summed E-state index contributed by atoms with van der Waals surface area (Å²) in [6, 6.07) is 5.43. The molecule has 0 aliphatic carbocycles.